The van der Waals surface area contributed by atoms with Crippen molar-refractivity contribution in [2.75, 3.05) is 13.2 Å². The van der Waals surface area contributed by atoms with Crippen LogP contribution in [0.15, 0.2) is 24.3 Å². The van der Waals surface area contributed by atoms with Crippen molar-refractivity contribution >= 4 is 11.9 Å². The van der Waals surface area contributed by atoms with Gasteiger partial charge in [0, 0.05) is 12.5 Å². The number of hydrogen-bond acceptors (Lipinski definition) is 3. The van der Waals surface area contributed by atoms with Gasteiger partial charge in [0.15, 0.2) is 0 Å². The van der Waals surface area contributed by atoms with Gasteiger partial charge in [0.25, 0.3) is 0 Å². The minimum absolute atomic E-state index is 0.0464. The number of benzene rings is 1. The van der Waals surface area contributed by atoms with E-state index in [-0.39, 0.29) is 18.4 Å². The zero-order chi connectivity index (χ0) is 17.2. The summed E-state index contributed by atoms with van der Waals surface area (Å²) in [6.07, 6.45) is 1.91. The molecule has 1 rings (SSSR count). The highest BCUT2D eigenvalue weighted by atomic mass is 16.5. The average Bonchev–Trinajstić information content (AvgIpc) is 2.54. The fourth-order valence-corrected chi connectivity index (χ4v) is 2.45. The van der Waals surface area contributed by atoms with E-state index in [4.69, 9.17) is 4.74 Å². The monoisotopic (exact) mass is 321 g/mol. The highest BCUT2D eigenvalue weighted by Gasteiger charge is 2.21. The molecule has 0 saturated heterocycles. The van der Waals surface area contributed by atoms with Gasteiger partial charge in [-0.1, -0.05) is 26.0 Å². The van der Waals surface area contributed by atoms with Gasteiger partial charge in [-0.25, -0.2) is 0 Å². The minimum Gasteiger partial charge on any atom is -0.494 e. The second-order valence-corrected chi connectivity index (χ2v) is 5.57. The molecule has 0 aliphatic heterocycles. The van der Waals surface area contributed by atoms with Crippen molar-refractivity contribution in [2.45, 2.75) is 40.0 Å². The van der Waals surface area contributed by atoms with Crippen LogP contribution >= 0.6 is 0 Å². The Labute approximate surface area is 138 Å². The molecule has 1 aromatic rings. The van der Waals surface area contributed by atoms with Gasteiger partial charge < -0.3 is 15.2 Å². The normalized spacial score (nSPS) is 12.0. The molecule has 0 bridgehead atoms. The number of hydrogen-bond donors (Lipinski definition) is 2. The molecule has 0 aliphatic carbocycles. The van der Waals surface area contributed by atoms with E-state index in [0.29, 0.717) is 13.0 Å². The summed E-state index contributed by atoms with van der Waals surface area (Å²) in [5, 5.41) is 12.1. The van der Waals surface area contributed by atoms with Crippen molar-refractivity contribution < 1.29 is 19.4 Å². The first kappa shape index (κ1) is 19.0. The van der Waals surface area contributed by atoms with Gasteiger partial charge in [0.05, 0.1) is 12.5 Å². The molecular formula is C18H27NO4. The second-order valence-electron chi connectivity index (χ2n) is 5.57. The van der Waals surface area contributed by atoms with Crippen molar-refractivity contribution in [1.82, 2.24) is 5.32 Å². The Bertz CT molecular complexity index is 494. The quantitative estimate of drug-likeness (QED) is 0.695. The minimum atomic E-state index is -0.899. The van der Waals surface area contributed by atoms with Crippen LogP contribution in [0.2, 0.25) is 0 Å². The third-order valence-electron chi connectivity index (χ3n) is 3.94. The van der Waals surface area contributed by atoms with Gasteiger partial charge in [-0.3, -0.25) is 9.59 Å². The molecule has 23 heavy (non-hydrogen) atoms. The van der Waals surface area contributed by atoms with Crippen LogP contribution in [0.1, 0.15) is 39.2 Å². The van der Waals surface area contributed by atoms with Gasteiger partial charge in [0.1, 0.15) is 5.75 Å². The lowest BCUT2D eigenvalue weighted by molar-refractivity contribution is -0.141. The molecule has 1 atom stereocenters. The summed E-state index contributed by atoms with van der Waals surface area (Å²) in [5.74, 6) is -0.872. The Balaban J connectivity index is 2.61. The van der Waals surface area contributed by atoms with E-state index in [1.807, 2.05) is 45.0 Å². The topological polar surface area (TPSA) is 75.6 Å². The van der Waals surface area contributed by atoms with Crippen molar-refractivity contribution in [3.05, 3.63) is 29.8 Å². The third kappa shape index (κ3) is 6.30. The fraction of sp³-hybridized carbons (Fsp3) is 0.556. The predicted molar refractivity (Wildman–Crippen MR) is 89.5 cm³/mol. The van der Waals surface area contributed by atoms with Gasteiger partial charge in [0.2, 0.25) is 5.91 Å². The first-order valence-electron chi connectivity index (χ1n) is 8.23. The lowest BCUT2D eigenvalue weighted by atomic mass is 9.98. The lowest BCUT2D eigenvalue weighted by Gasteiger charge is -2.17. The first-order chi connectivity index (χ1) is 11.0. The standard InChI is InChI=1S/C18H27NO4/c1-4-14(5-2)17(20)19-12-15(18(21)22)11-13-7-9-16(10-8-13)23-6-3/h7-10,14-15H,4-6,11-12H2,1-3H3,(H,19,20)(H,21,22). The number of nitrogens with one attached hydrogen (secondary N) is 1. The van der Waals surface area contributed by atoms with Gasteiger partial charge in [-0.05, 0) is 43.9 Å². The largest absolute Gasteiger partial charge is 0.494 e. The summed E-state index contributed by atoms with van der Waals surface area (Å²) in [6, 6.07) is 7.40. The molecule has 1 unspecified atom stereocenters. The predicted octanol–water partition coefficient (Wildman–Crippen LogP) is 2.88. The zero-order valence-corrected chi connectivity index (χ0v) is 14.2. The molecule has 0 spiro atoms. The van der Waals surface area contributed by atoms with E-state index in [9.17, 15) is 14.7 Å². The molecule has 0 aromatic heterocycles. The van der Waals surface area contributed by atoms with Crippen molar-refractivity contribution in [3.8, 4) is 5.75 Å². The number of carbonyl (C=O) groups is 2. The third-order valence-corrected chi connectivity index (χ3v) is 3.94. The Kier molecular flexibility index (Phi) is 8.16. The highest BCUT2D eigenvalue weighted by molar-refractivity contribution is 5.79. The first-order valence-corrected chi connectivity index (χ1v) is 8.23. The van der Waals surface area contributed by atoms with Crippen molar-refractivity contribution in [1.29, 1.82) is 0 Å². The number of aliphatic carboxylic acids is 1. The number of rotatable bonds is 10. The Morgan fingerprint density at radius 3 is 2.17 bits per heavy atom. The van der Waals surface area contributed by atoms with Crippen LogP contribution in [0.5, 0.6) is 5.75 Å². The molecule has 1 aromatic carbocycles. The summed E-state index contributed by atoms with van der Waals surface area (Å²) in [4.78, 5) is 23.4. The summed E-state index contributed by atoms with van der Waals surface area (Å²) in [5.41, 5.74) is 0.914. The van der Waals surface area contributed by atoms with Crippen LogP contribution in [-0.2, 0) is 16.0 Å². The molecule has 5 nitrogen and oxygen atoms in total. The van der Waals surface area contributed by atoms with E-state index in [2.05, 4.69) is 5.32 Å². The maximum atomic E-state index is 12.0. The Hall–Kier alpha value is -2.04. The van der Waals surface area contributed by atoms with E-state index in [0.717, 1.165) is 24.2 Å². The summed E-state index contributed by atoms with van der Waals surface area (Å²) in [7, 11) is 0. The van der Waals surface area contributed by atoms with Crippen molar-refractivity contribution in [2.24, 2.45) is 11.8 Å². The average molecular weight is 321 g/mol. The SMILES string of the molecule is CCOc1ccc(CC(CNC(=O)C(CC)CC)C(=O)O)cc1. The number of ether oxygens (including phenoxy) is 1. The van der Waals surface area contributed by atoms with Crippen LogP contribution < -0.4 is 10.1 Å². The smallest absolute Gasteiger partial charge is 0.308 e. The van der Waals surface area contributed by atoms with E-state index in [1.54, 1.807) is 0 Å². The van der Waals surface area contributed by atoms with Gasteiger partial charge in [-0.2, -0.15) is 0 Å². The molecule has 0 heterocycles. The maximum Gasteiger partial charge on any atom is 0.308 e. The number of amides is 1. The highest BCUT2D eigenvalue weighted by Crippen LogP contribution is 2.16. The van der Waals surface area contributed by atoms with Crippen LogP contribution in [0.25, 0.3) is 0 Å². The summed E-state index contributed by atoms with van der Waals surface area (Å²) < 4.78 is 5.37. The molecule has 5 heteroatoms. The molecule has 128 valence electrons. The second kappa shape index (κ2) is 9.87. The summed E-state index contributed by atoms with van der Waals surface area (Å²) >= 11 is 0. The van der Waals surface area contributed by atoms with E-state index >= 15 is 0 Å². The Morgan fingerprint density at radius 1 is 1.09 bits per heavy atom. The number of carboxylic acids is 1. The molecule has 0 saturated carbocycles. The lowest BCUT2D eigenvalue weighted by Crippen LogP contribution is -2.37. The maximum absolute atomic E-state index is 12.0. The molecule has 2 N–H and O–H groups in total. The van der Waals surface area contributed by atoms with Gasteiger partial charge >= 0.3 is 5.97 Å². The number of carbonyl (C=O) groups excluding carboxylic acids is 1. The molecule has 1 amide bonds. The number of carboxylic acid groups (broad SMARTS) is 1. The summed E-state index contributed by atoms with van der Waals surface area (Å²) in [6.45, 7) is 6.58. The van der Waals surface area contributed by atoms with Crippen molar-refractivity contribution in [3.63, 3.8) is 0 Å². The van der Waals surface area contributed by atoms with E-state index < -0.39 is 11.9 Å². The van der Waals surface area contributed by atoms with Crippen LogP contribution in [0.3, 0.4) is 0 Å². The van der Waals surface area contributed by atoms with E-state index in [1.165, 1.54) is 0 Å². The van der Waals surface area contributed by atoms with Crippen LogP contribution in [0.4, 0.5) is 0 Å². The zero-order valence-electron chi connectivity index (χ0n) is 14.2. The molecule has 0 fully saturated rings. The Morgan fingerprint density at radius 2 is 1.70 bits per heavy atom. The van der Waals surface area contributed by atoms with Crippen LogP contribution in [0, 0.1) is 11.8 Å². The fourth-order valence-electron chi connectivity index (χ4n) is 2.45. The molecule has 0 radical (unpaired) electrons. The molecule has 0 aliphatic rings. The van der Waals surface area contributed by atoms with Crippen LogP contribution in [-0.4, -0.2) is 30.1 Å². The molecular weight excluding hydrogens is 294 g/mol. The van der Waals surface area contributed by atoms with Gasteiger partial charge in [-0.15, -0.1) is 0 Å².